The van der Waals surface area contributed by atoms with Crippen molar-refractivity contribution in [2.45, 2.75) is 37.1 Å². The average Bonchev–Trinajstić information content (AvgIpc) is 2.67. The predicted molar refractivity (Wildman–Crippen MR) is 68.3 cm³/mol. The van der Waals surface area contributed by atoms with E-state index in [0.29, 0.717) is 12.0 Å². The van der Waals surface area contributed by atoms with Crippen molar-refractivity contribution >= 4 is 5.97 Å². The lowest BCUT2D eigenvalue weighted by Gasteiger charge is -2.26. The van der Waals surface area contributed by atoms with Gasteiger partial charge in [0.25, 0.3) is 0 Å². The summed E-state index contributed by atoms with van der Waals surface area (Å²) in [6.07, 6.45) is 1.61. The molecule has 0 aromatic heterocycles. The average molecular weight is 260 g/mol. The van der Waals surface area contributed by atoms with Gasteiger partial charge in [-0.15, -0.1) is 0 Å². The highest BCUT2D eigenvalue weighted by molar-refractivity contribution is 5.85. The molecule has 3 rings (SSSR count). The first kappa shape index (κ1) is 12.4. The van der Waals surface area contributed by atoms with Crippen molar-refractivity contribution < 1.29 is 19.7 Å². The number of ether oxygens (including phenoxy) is 1. The molecule has 1 aromatic carbocycles. The molecule has 3 atom stereocenters. The highest BCUT2D eigenvalue weighted by Crippen LogP contribution is 2.38. The third-order valence-corrected chi connectivity index (χ3v) is 3.83. The second-order valence-corrected chi connectivity index (χ2v) is 5.22. The molecule has 0 radical (unpaired) electrons. The maximum Gasteiger partial charge on any atom is 0.342 e. The second-order valence-electron chi connectivity index (χ2n) is 5.22. The van der Waals surface area contributed by atoms with Crippen LogP contribution in [0, 0.1) is 0 Å². The van der Waals surface area contributed by atoms with E-state index >= 15 is 0 Å². The maximum atomic E-state index is 11.5. The Labute approximate surface area is 111 Å². The Morgan fingerprint density at radius 2 is 2.00 bits per heavy atom. The minimum Gasteiger partial charge on any atom is -0.457 e. The molecule has 100 valence electrons. The first-order valence-electron chi connectivity index (χ1n) is 6.45. The molecule has 4 nitrogen and oxygen atoms in total. The van der Waals surface area contributed by atoms with Crippen LogP contribution >= 0.6 is 0 Å². The molecule has 4 heteroatoms. The van der Waals surface area contributed by atoms with Gasteiger partial charge in [-0.3, -0.25) is 0 Å². The summed E-state index contributed by atoms with van der Waals surface area (Å²) >= 11 is 0. The lowest BCUT2D eigenvalue weighted by Crippen LogP contribution is -2.38. The summed E-state index contributed by atoms with van der Waals surface area (Å²) in [7, 11) is 0. The molecule has 1 unspecified atom stereocenters. The molecule has 0 spiro atoms. The van der Waals surface area contributed by atoms with Crippen LogP contribution in [0.15, 0.2) is 42.0 Å². The van der Waals surface area contributed by atoms with Gasteiger partial charge in [0.1, 0.15) is 12.2 Å². The van der Waals surface area contributed by atoms with Gasteiger partial charge < -0.3 is 14.9 Å². The van der Waals surface area contributed by atoms with Crippen LogP contribution in [-0.4, -0.2) is 34.0 Å². The molecule has 0 amide bonds. The maximum absolute atomic E-state index is 11.5. The molecular weight excluding hydrogens is 244 g/mol. The first-order valence-corrected chi connectivity index (χ1v) is 6.45. The van der Waals surface area contributed by atoms with Crippen LogP contribution in [0.3, 0.4) is 0 Å². The Morgan fingerprint density at radius 3 is 2.74 bits per heavy atom. The molecule has 1 fully saturated rings. The van der Waals surface area contributed by atoms with Crippen molar-refractivity contribution in [3.63, 3.8) is 0 Å². The standard InChI is InChI=1S/C15H16O4/c16-13-11(7-6-10-4-2-1-3-5-10)8-15(18)9-12(13)19-14(15)17/h1-5,8,12-13,16,18H,6-7,9H2/t12?,13-,15+/m1/s1. The number of benzene rings is 1. The number of hydrogen-bond acceptors (Lipinski definition) is 4. The highest BCUT2D eigenvalue weighted by Gasteiger charge is 2.52. The van der Waals surface area contributed by atoms with Gasteiger partial charge in [-0.2, -0.15) is 0 Å². The number of aliphatic hydroxyl groups is 2. The minimum absolute atomic E-state index is 0.155. The molecule has 2 N–H and O–H groups in total. The normalized spacial score (nSPS) is 32.9. The van der Waals surface area contributed by atoms with E-state index in [-0.39, 0.29) is 6.42 Å². The van der Waals surface area contributed by atoms with Crippen LogP contribution in [0.4, 0.5) is 0 Å². The monoisotopic (exact) mass is 260 g/mol. The summed E-state index contributed by atoms with van der Waals surface area (Å²) in [6.45, 7) is 0. The Kier molecular flexibility index (Phi) is 2.92. The minimum atomic E-state index is -1.53. The fourth-order valence-electron chi connectivity index (χ4n) is 2.75. The van der Waals surface area contributed by atoms with Gasteiger partial charge in [0.2, 0.25) is 0 Å². The molecule has 1 aliphatic carbocycles. The Bertz CT molecular complexity index is 522. The summed E-state index contributed by atoms with van der Waals surface area (Å²) in [5.41, 5.74) is 0.317. The molecule has 1 aromatic rings. The highest BCUT2D eigenvalue weighted by atomic mass is 16.6. The Morgan fingerprint density at radius 1 is 1.26 bits per heavy atom. The van der Waals surface area contributed by atoms with Crippen LogP contribution in [-0.2, 0) is 16.0 Å². The van der Waals surface area contributed by atoms with Gasteiger partial charge in [-0.05, 0) is 30.1 Å². The van der Waals surface area contributed by atoms with Gasteiger partial charge >= 0.3 is 5.97 Å². The zero-order valence-corrected chi connectivity index (χ0v) is 10.5. The van der Waals surface area contributed by atoms with Crippen molar-refractivity contribution in [1.82, 2.24) is 0 Å². The fourth-order valence-corrected chi connectivity index (χ4v) is 2.75. The molecular formula is C15H16O4. The Balaban J connectivity index is 1.76. The van der Waals surface area contributed by atoms with Crippen LogP contribution in [0.25, 0.3) is 0 Å². The van der Waals surface area contributed by atoms with Crippen LogP contribution in [0.2, 0.25) is 0 Å². The first-order chi connectivity index (χ1) is 9.08. The predicted octanol–water partition coefficient (Wildman–Crippen LogP) is 0.967. The van der Waals surface area contributed by atoms with Crippen LogP contribution in [0.1, 0.15) is 18.4 Å². The number of carbonyl (C=O) groups is 1. The van der Waals surface area contributed by atoms with Gasteiger partial charge in [0.05, 0.1) is 0 Å². The van der Waals surface area contributed by atoms with E-state index in [9.17, 15) is 15.0 Å². The SMILES string of the molecule is O=C1OC2C[C@@]1(O)C=C(CCc1ccccc1)[C@H]2O. The van der Waals surface area contributed by atoms with E-state index in [1.54, 1.807) is 0 Å². The summed E-state index contributed by atoms with van der Waals surface area (Å²) in [5, 5.41) is 20.2. The Hall–Kier alpha value is -1.65. The zero-order chi connectivity index (χ0) is 13.5. The van der Waals surface area contributed by atoms with E-state index in [1.807, 2.05) is 30.3 Å². The van der Waals surface area contributed by atoms with Crippen molar-refractivity contribution in [3.05, 3.63) is 47.5 Å². The van der Waals surface area contributed by atoms with Gasteiger partial charge in [0.15, 0.2) is 5.60 Å². The number of carbonyl (C=O) groups excluding carboxylic acids is 1. The zero-order valence-electron chi connectivity index (χ0n) is 10.5. The van der Waals surface area contributed by atoms with Crippen LogP contribution in [0.5, 0.6) is 0 Å². The van der Waals surface area contributed by atoms with Crippen LogP contribution < -0.4 is 0 Å². The van der Waals surface area contributed by atoms with E-state index < -0.39 is 23.8 Å². The van der Waals surface area contributed by atoms with Crippen molar-refractivity contribution in [1.29, 1.82) is 0 Å². The number of aliphatic hydroxyl groups excluding tert-OH is 1. The number of fused-ring (bicyclic) bond motifs is 2. The topological polar surface area (TPSA) is 66.8 Å². The van der Waals surface area contributed by atoms with E-state index in [1.165, 1.54) is 6.08 Å². The quantitative estimate of drug-likeness (QED) is 0.627. The smallest absolute Gasteiger partial charge is 0.342 e. The summed E-state index contributed by atoms with van der Waals surface area (Å²) < 4.78 is 4.99. The molecule has 1 saturated heterocycles. The molecule has 2 aliphatic rings. The molecule has 1 aliphatic heterocycles. The summed E-state index contributed by atoms with van der Waals surface area (Å²) in [6, 6.07) is 9.91. The summed E-state index contributed by atoms with van der Waals surface area (Å²) in [4.78, 5) is 11.5. The largest absolute Gasteiger partial charge is 0.457 e. The van der Waals surface area contributed by atoms with Gasteiger partial charge in [-0.1, -0.05) is 30.3 Å². The number of hydrogen-bond donors (Lipinski definition) is 2. The van der Waals surface area contributed by atoms with Gasteiger partial charge in [0, 0.05) is 6.42 Å². The van der Waals surface area contributed by atoms with Crippen molar-refractivity contribution in [2.24, 2.45) is 0 Å². The van der Waals surface area contributed by atoms with Crippen molar-refractivity contribution in [3.8, 4) is 0 Å². The number of rotatable bonds is 3. The van der Waals surface area contributed by atoms with E-state index in [2.05, 4.69) is 0 Å². The molecule has 2 bridgehead atoms. The molecule has 19 heavy (non-hydrogen) atoms. The molecule has 0 saturated carbocycles. The lowest BCUT2D eigenvalue weighted by molar-refractivity contribution is -0.152. The third-order valence-electron chi connectivity index (χ3n) is 3.83. The van der Waals surface area contributed by atoms with Gasteiger partial charge in [-0.25, -0.2) is 4.79 Å². The van der Waals surface area contributed by atoms with Crippen molar-refractivity contribution in [2.75, 3.05) is 0 Å². The van der Waals surface area contributed by atoms with E-state index in [4.69, 9.17) is 4.74 Å². The van der Waals surface area contributed by atoms with E-state index in [0.717, 1.165) is 12.0 Å². The third kappa shape index (κ3) is 2.17. The second kappa shape index (κ2) is 4.47. The fraction of sp³-hybridized carbons (Fsp3) is 0.400. The lowest BCUT2D eigenvalue weighted by atomic mass is 9.83. The molecule has 1 heterocycles. The number of esters is 1. The number of aryl methyl sites for hydroxylation is 1. The summed E-state index contributed by atoms with van der Waals surface area (Å²) in [5.74, 6) is -0.647.